The summed E-state index contributed by atoms with van der Waals surface area (Å²) in [7, 11) is 0. The normalized spacial score (nSPS) is 12.0. The molecule has 124 valence electrons. The van der Waals surface area contributed by atoms with Crippen molar-refractivity contribution in [1.82, 2.24) is 0 Å². The summed E-state index contributed by atoms with van der Waals surface area (Å²) < 4.78 is 5.14. The molecule has 4 nitrogen and oxygen atoms in total. The molecule has 0 unspecified atom stereocenters. The van der Waals surface area contributed by atoms with E-state index >= 15 is 0 Å². The van der Waals surface area contributed by atoms with Gasteiger partial charge in [-0.15, -0.1) is 0 Å². The first-order valence-corrected chi connectivity index (χ1v) is 7.78. The molecule has 0 bridgehead atoms. The lowest BCUT2D eigenvalue weighted by atomic mass is 10.1. The molecule has 0 fully saturated rings. The van der Waals surface area contributed by atoms with Crippen LogP contribution in [-0.2, 0) is 14.3 Å². The molecule has 4 heteroatoms. The van der Waals surface area contributed by atoms with Gasteiger partial charge in [-0.3, -0.25) is 4.79 Å². The second-order valence-corrected chi connectivity index (χ2v) is 5.56. The summed E-state index contributed by atoms with van der Waals surface area (Å²) in [5, 5.41) is 2.79. The molecule has 0 aliphatic heterocycles. The van der Waals surface area contributed by atoms with Crippen LogP contribution in [0, 0.1) is 13.8 Å². The van der Waals surface area contributed by atoms with Crippen molar-refractivity contribution >= 4 is 23.6 Å². The number of rotatable bonds is 5. The summed E-state index contributed by atoms with van der Waals surface area (Å²) in [5.74, 6) is -0.910. The first-order chi connectivity index (χ1) is 11.5. The van der Waals surface area contributed by atoms with Crippen LogP contribution in [0.2, 0.25) is 0 Å². The van der Waals surface area contributed by atoms with Crippen LogP contribution in [-0.4, -0.2) is 18.0 Å². The lowest BCUT2D eigenvalue weighted by Gasteiger charge is -2.14. The second kappa shape index (κ2) is 8.11. The second-order valence-electron chi connectivity index (χ2n) is 5.56. The van der Waals surface area contributed by atoms with Crippen LogP contribution in [0.5, 0.6) is 0 Å². The first-order valence-electron chi connectivity index (χ1n) is 7.78. The predicted octanol–water partition coefficient (Wildman–Crippen LogP) is 3.89. The molecule has 1 N–H and O–H groups in total. The van der Waals surface area contributed by atoms with Crippen molar-refractivity contribution in [2.45, 2.75) is 26.9 Å². The summed E-state index contributed by atoms with van der Waals surface area (Å²) in [4.78, 5) is 24.0. The summed E-state index contributed by atoms with van der Waals surface area (Å²) in [5.41, 5.74) is 3.70. The van der Waals surface area contributed by atoms with Crippen LogP contribution in [0.4, 0.5) is 5.69 Å². The van der Waals surface area contributed by atoms with Crippen LogP contribution in [0.25, 0.3) is 6.08 Å². The number of anilines is 1. The van der Waals surface area contributed by atoms with E-state index in [4.69, 9.17) is 4.74 Å². The van der Waals surface area contributed by atoms with Crippen molar-refractivity contribution < 1.29 is 14.3 Å². The maximum Gasteiger partial charge on any atom is 0.331 e. The third-order valence-electron chi connectivity index (χ3n) is 3.74. The fourth-order valence-electron chi connectivity index (χ4n) is 2.12. The van der Waals surface area contributed by atoms with Gasteiger partial charge in [0.25, 0.3) is 5.91 Å². The zero-order valence-electron chi connectivity index (χ0n) is 14.1. The fraction of sp³-hybridized carbons (Fsp3) is 0.200. The Hall–Kier alpha value is -2.88. The highest BCUT2D eigenvalue weighted by molar-refractivity contribution is 5.97. The van der Waals surface area contributed by atoms with E-state index in [9.17, 15) is 9.59 Å². The highest BCUT2D eigenvalue weighted by Gasteiger charge is 2.17. The predicted molar refractivity (Wildman–Crippen MR) is 95.6 cm³/mol. The van der Waals surface area contributed by atoms with E-state index in [1.807, 2.05) is 62.4 Å². The maximum atomic E-state index is 12.2. The lowest BCUT2D eigenvalue weighted by molar-refractivity contribution is -0.148. The van der Waals surface area contributed by atoms with Gasteiger partial charge in [-0.1, -0.05) is 42.5 Å². The summed E-state index contributed by atoms with van der Waals surface area (Å²) in [6.07, 6.45) is 2.09. The molecule has 0 radical (unpaired) electrons. The first kappa shape index (κ1) is 17.5. The zero-order valence-corrected chi connectivity index (χ0v) is 14.1. The number of esters is 1. The minimum atomic E-state index is -0.877. The average Bonchev–Trinajstić information content (AvgIpc) is 2.58. The summed E-state index contributed by atoms with van der Waals surface area (Å²) in [6.45, 7) is 5.46. The highest BCUT2D eigenvalue weighted by Crippen LogP contribution is 2.18. The van der Waals surface area contributed by atoms with Crippen molar-refractivity contribution in [3.63, 3.8) is 0 Å². The van der Waals surface area contributed by atoms with Crippen LogP contribution >= 0.6 is 0 Å². The Bertz CT molecular complexity index is 751. The van der Waals surface area contributed by atoms with Crippen molar-refractivity contribution in [2.24, 2.45) is 0 Å². The fourth-order valence-corrected chi connectivity index (χ4v) is 2.12. The van der Waals surface area contributed by atoms with E-state index < -0.39 is 12.1 Å². The summed E-state index contributed by atoms with van der Waals surface area (Å²) >= 11 is 0. The number of nitrogens with one attached hydrogen (secondary N) is 1. The molecule has 0 aliphatic rings. The van der Waals surface area contributed by atoms with Gasteiger partial charge in [-0.05, 0) is 49.6 Å². The Labute approximate surface area is 142 Å². The molecule has 0 heterocycles. The third-order valence-corrected chi connectivity index (χ3v) is 3.74. The van der Waals surface area contributed by atoms with E-state index in [1.54, 1.807) is 13.0 Å². The van der Waals surface area contributed by atoms with Gasteiger partial charge in [0.05, 0.1) is 0 Å². The molecule has 1 atom stereocenters. The van der Waals surface area contributed by atoms with Gasteiger partial charge in [0.2, 0.25) is 0 Å². The van der Waals surface area contributed by atoms with E-state index in [0.29, 0.717) is 0 Å². The van der Waals surface area contributed by atoms with Gasteiger partial charge >= 0.3 is 5.97 Å². The van der Waals surface area contributed by atoms with Gasteiger partial charge in [0.1, 0.15) is 0 Å². The number of hydrogen-bond acceptors (Lipinski definition) is 3. The topological polar surface area (TPSA) is 55.4 Å². The van der Waals surface area contributed by atoms with Gasteiger partial charge in [0, 0.05) is 11.8 Å². The largest absolute Gasteiger partial charge is 0.449 e. The number of carbonyl (C=O) groups is 2. The Balaban J connectivity index is 1.92. The van der Waals surface area contributed by atoms with Crippen molar-refractivity contribution in [3.8, 4) is 0 Å². The van der Waals surface area contributed by atoms with Gasteiger partial charge in [0.15, 0.2) is 6.10 Å². The van der Waals surface area contributed by atoms with Crippen LogP contribution < -0.4 is 5.32 Å². The van der Waals surface area contributed by atoms with Gasteiger partial charge < -0.3 is 10.1 Å². The van der Waals surface area contributed by atoms with E-state index in [0.717, 1.165) is 22.4 Å². The molecule has 2 rings (SSSR count). The molecule has 0 spiro atoms. The number of amides is 1. The minimum Gasteiger partial charge on any atom is -0.449 e. The number of carbonyl (C=O) groups excluding carboxylic acids is 2. The Morgan fingerprint density at radius 1 is 1.04 bits per heavy atom. The molecular formula is C20H21NO3. The minimum absolute atomic E-state index is 0.356. The SMILES string of the molecule is Cc1cccc(NC(=O)[C@@H](C)OC(=O)/C=C/c2ccccc2)c1C. The number of ether oxygens (including phenoxy) is 1. The lowest BCUT2D eigenvalue weighted by Crippen LogP contribution is -2.29. The monoisotopic (exact) mass is 323 g/mol. The molecule has 0 saturated heterocycles. The third kappa shape index (κ3) is 4.81. The van der Waals surface area contributed by atoms with Crippen molar-refractivity contribution in [1.29, 1.82) is 0 Å². The van der Waals surface area contributed by atoms with Crippen LogP contribution in [0.1, 0.15) is 23.6 Å². The molecule has 2 aromatic rings. The maximum absolute atomic E-state index is 12.2. The van der Waals surface area contributed by atoms with E-state index in [1.165, 1.54) is 6.08 Å². The molecule has 0 aromatic heterocycles. The zero-order chi connectivity index (χ0) is 17.5. The van der Waals surface area contributed by atoms with E-state index in [2.05, 4.69) is 5.32 Å². The van der Waals surface area contributed by atoms with Crippen molar-refractivity contribution in [3.05, 3.63) is 71.3 Å². The molecule has 24 heavy (non-hydrogen) atoms. The summed E-state index contributed by atoms with van der Waals surface area (Å²) in [6, 6.07) is 15.1. The molecule has 0 saturated carbocycles. The highest BCUT2D eigenvalue weighted by atomic mass is 16.5. The number of hydrogen-bond donors (Lipinski definition) is 1. The van der Waals surface area contributed by atoms with Gasteiger partial charge in [-0.25, -0.2) is 4.79 Å². The van der Waals surface area contributed by atoms with Gasteiger partial charge in [-0.2, -0.15) is 0 Å². The number of aryl methyl sites for hydroxylation is 1. The molecule has 1 amide bonds. The number of benzene rings is 2. The Morgan fingerprint density at radius 2 is 1.75 bits per heavy atom. The van der Waals surface area contributed by atoms with Crippen LogP contribution in [0.15, 0.2) is 54.6 Å². The Kier molecular flexibility index (Phi) is 5.90. The molecule has 2 aromatic carbocycles. The molecular weight excluding hydrogens is 302 g/mol. The van der Waals surface area contributed by atoms with Crippen molar-refractivity contribution in [2.75, 3.05) is 5.32 Å². The molecule has 0 aliphatic carbocycles. The van der Waals surface area contributed by atoms with Crippen LogP contribution in [0.3, 0.4) is 0 Å². The average molecular weight is 323 g/mol. The Morgan fingerprint density at radius 3 is 2.46 bits per heavy atom. The smallest absolute Gasteiger partial charge is 0.331 e. The standard InChI is InChI=1S/C20H21NO3/c1-14-8-7-11-18(15(14)2)21-20(23)16(3)24-19(22)13-12-17-9-5-4-6-10-17/h4-13,16H,1-3H3,(H,21,23)/b13-12+/t16-/m1/s1. The van der Waals surface area contributed by atoms with E-state index in [-0.39, 0.29) is 5.91 Å². The quantitative estimate of drug-likeness (QED) is 0.671.